The molecule has 0 spiro atoms. The Morgan fingerprint density at radius 3 is 2.52 bits per heavy atom. The average molecular weight is 413 g/mol. The van der Waals surface area contributed by atoms with Gasteiger partial charge in [0, 0.05) is 17.4 Å². The van der Waals surface area contributed by atoms with E-state index < -0.39 is 0 Å². The van der Waals surface area contributed by atoms with Crippen LogP contribution in [0.1, 0.15) is 37.4 Å². The SMILES string of the molecule is CCCc1nc(Cc2ccccc2Br)nc(NCC)c1Br. The number of aromatic nitrogens is 2. The number of hydrogen-bond acceptors (Lipinski definition) is 3. The molecule has 1 N–H and O–H groups in total. The van der Waals surface area contributed by atoms with Crippen molar-refractivity contribution in [1.82, 2.24) is 9.97 Å². The minimum absolute atomic E-state index is 0.726. The van der Waals surface area contributed by atoms with Crippen LogP contribution in [-0.4, -0.2) is 16.5 Å². The molecule has 112 valence electrons. The molecule has 0 saturated carbocycles. The van der Waals surface area contributed by atoms with Crippen LogP contribution in [0.4, 0.5) is 5.82 Å². The van der Waals surface area contributed by atoms with Crippen LogP contribution in [0, 0.1) is 0 Å². The molecule has 1 heterocycles. The van der Waals surface area contributed by atoms with Crippen molar-refractivity contribution in [3.05, 3.63) is 50.3 Å². The minimum atomic E-state index is 0.726. The Labute approximate surface area is 142 Å². The third-order valence-corrected chi connectivity index (χ3v) is 4.71. The molecule has 0 radical (unpaired) electrons. The zero-order chi connectivity index (χ0) is 15.2. The van der Waals surface area contributed by atoms with Crippen molar-refractivity contribution >= 4 is 37.7 Å². The van der Waals surface area contributed by atoms with E-state index in [0.717, 1.165) is 52.1 Å². The Kier molecular flexibility index (Phi) is 6.18. The summed E-state index contributed by atoms with van der Waals surface area (Å²) in [4.78, 5) is 9.37. The van der Waals surface area contributed by atoms with Gasteiger partial charge in [-0.15, -0.1) is 0 Å². The van der Waals surface area contributed by atoms with Gasteiger partial charge in [-0.25, -0.2) is 9.97 Å². The highest BCUT2D eigenvalue weighted by atomic mass is 79.9. The summed E-state index contributed by atoms with van der Waals surface area (Å²) in [7, 11) is 0. The maximum absolute atomic E-state index is 4.72. The summed E-state index contributed by atoms with van der Waals surface area (Å²) < 4.78 is 2.08. The number of nitrogens with one attached hydrogen (secondary N) is 1. The standard InChI is InChI=1S/C16H19Br2N3/c1-3-7-13-15(18)16(19-4-2)21-14(20-13)10-11-8-5-6-9-12(11)17/h5-6,8-9H,3-4,7,10H2,1-2H3,(H,19,20,21). The first-order chi connectivity index (χ1) is 10.2. The smallest absolute Gasteiger partial charge is 0.144 e. The lowest BCUT2D eigenvalue weighted by molar-refractivity contribution is 0.833. The first-order valence-corrected chi connectivity index (χ1v) is 8.76. The average Bonchev–Trinajstić information content (AvgIpc) is 2.47. The van der Waals surface area contributed by atoms with E-state index in [-0.39, 0.29) is 0 Å². The predicted molar refractivity (Wildman–Crippen MR) is 94.8 cm³/mol. The van der Waals surface area contributed by atoms with Crippen LogP contribution in [0.5, 0.6) is 0 Å². The molecule has 0 amide bonds. The maximum Gasteiger partial charge on any atom is 0.144 e. The zero-order valence-corrected chi connectivity index (χ0v) is 15.5. The first kappa shape index (κ1) is 16.4. The van der Waals surface area contributed by atoms with E-state index in [1.807, 2.05) is 18.2 Å². The van der Waals surface area contributed by atoms with Crippen LogP contribution < -0.4 is 5.32 Å². The third-order valence-electron chi connectivity index (χ3n) is 3.10. The molecule has 0 aliphatic heterocycles. The van der Waals surface area contributed by atoms with Crippen molar-refractivity contribution in [3.8, 4) is 0 Å². The second-order valence-electron chi connectivity index (χ2n) is 4.80. The van der Waals surface area contributed by atoms with Gasteiger partial charge in [0.2, 0.25) is 0 Å². The van der Waals surface area contributed by atoms with Gasteiger partial charge in [0.05, 0.1) is 10.2 Å². The Bertz CT molecular complexity index is 587. The molecule has 0 aliphatic rings. The summed E-state index contributed by atoms with van der Waals surface area (Å²) in [6, 6.07) is 8.20. The fraction of sp³-hybridized carbons (Fsp3) is 0.375. The molecule has 21 heavy (non-hydrogen) atoms. The number of rotatable bonds is 6. The van der Waals surface area contributed by atoms with E-state index in [1.54, 1.807) is 0 Å². The number of halogens is 2. The van der Waals surface area contributed by atoms with Gasteiger partial charge in [-0.3, -0.25) is 0 Å². The number of benzene rings is 1. The highest BCUT2D eigenvalue weighted by molar-refractivity contribution is 9.11. The zero-order valence-electron chi connectivity index (χ0n) is 12.3. The van der Waals surface area contributed by atoms with Gasteiger partial charge < -0.3 is 5.32 Å². The molecule has 1 aromatic carbocycles. The maximum atomic E-state index is 4.72. The predicted octanol–water partition coefficient (Wildman–Crippen LogP) is 4.98. The fourth-order valence-electron chi connectivity index (χ4n) is 2.12. The van der Waals surface area contributed by atoms with Crippen molar-refractivity contribution in [2.75, 3.05) is 11.9 Å². The van der Waals surface area contributed by atoms with E-state index in [4.69, 9.17) is 4.98 Å². The van der Waals surface area contributed by atoms with Gasteiger partial charge in [-0.2, -0.15) is 0 Å². The number of nitrogens with zero attached hydrogens (tertiary/aromatic N) is 2. The van der Waals surface area contributed by atoms with Crippen LogP contribution in [0.15, 0.2) is 33.2 Å². The molecule has 0 atom stereocenters. The fourth-order valence-corrected chi connectivity index (χ4v) is 3.06. The number of aryl methyl sites for hydroxylation is 1. The van der Waals surface area contributed by atoms with Crippen LogP contribution >= 0.6 is 31.9 Å². The molecule has 5 heteroatoms. The van der Waals surface area contributed by atoms with E-state index in [9.17, 15) is 0 Å². The molecule has 2 aromatic rings. The van der Waals surface area contributed by atoms with E-state index in [2.05, 4.69) is 62.1 Å². The van der Waals surface area contributed by atoms with E-state index >= 15 is 0 Å². The Morgan fingerprint density at radius 1 is 1.10 bits per heavy atom. The second kappa shape index (κ2) is 7.90. The molecule has 3 nitrogen and oxygen atoms in total. The third kappa shape index (κ3) is 4.27. The van der Waals surface area contributed by atoms with Crippen molar-refractivity contribution in [3.63, 3.8) is 0 Å². The second-order valence-corrected chi connectivity index (χ2v) is 6.44. The largest absolute Gasteiger partial charge is 0.369 e. The van der Waals surface area contributed by atoms with Gasteiger partial charge >= 0.3 is 0 Å². The molecule has 1 aromatic heterocycles. The lowest BCUT2D eigenvalue weighted by Gasteiger charge is -2.12. The number of hydrogen-bond donors (Lipinski definition) is 1. The summed E-state index contributed by atoms with van der Waals surface area (Å²) in [6.45, 7) is 5.08. The summed E-state index contributed by atoms with van der Waals surface area (Å²) in [5.74, 6) is 1.74. The Balaban J connectivity index is 2.36. The Hall–Kier alpha value is -0.940. The summed E-state index contributed by atoms with van der Waals surface area (Å²) >= 11 is 7.21. The Morgan fingerprint density at radius 2 is 1.86 bits per heavy atom. The van der Waals surface area contributed by atoms with Crippen molar-refractivity contribution < 1.29 is 0 Å². The van der Waals surface area contributed by atoms with Crippen molar-refractivity contribution in [1.29, 1.82) is 0 Å². The van der Waals surface area contributed by atoms with Gasteiger partial charge in [0.25, 0.3) is 0 Å². The summed E-state index contributed by atoms with van der Waals surface area (Å²) in [5, 5.41) is 3.31. The number of anilines is 1. The molecule has 0 aliphatic carbocycles. The van der Waals surface area contributed by atoms with Gasteiger partial charge in [-0.1, -0.05) is 47.5 Å². The van der Waals surface area contributed by atoms with E-state index in [0.29, 0.717) is 0 Å². The molecule has 0 fully saturated rings. The van der Waals surface area contributed by atoms with Crippen LogP contribution in [-0.2, 0) is 12.8 Å². The topological polar surface area (TPSA) is 37.8 Å². The van der Waals surface area contributed by atoms with Crippen LogP contribution in [0.2, 0.25) is 0 Å². The molecule has 0 saturated heterocycles. The highest BCUT2D eigenvalue weighted by Crippen LogP contribution is 2.26. The lowest BCUT2D eigenvalue weighted by Crippen LogP contribution is -2.08. The summed E-state index contributed by atoms with van der Waals surface area (Å²) in [5.41, 5.74) is 2.27. The molecular formula is C16H19Br2N3. The highest BCUT2D eigenvalue weighted by Gasteiger charge is 2.12. The van der Waals surface area contributed by atoms with E-state index in [1.165, 1.54) is 5.56 Å². The van der Waals surface area contributed by atoms with Gasteiger partial charge in [0.15, 0.2) is 0 Å². The normalized spacial score (nSPS) is 10.7. The minimum Gasteiger partial charge on any atom is -0.369 e. The van der Waals surface area contributed by atoms with Crippen LogP contribution in [0.25, 0.3) is 0 Å². The van der Waals surface area contributed by atoms with Gasteiger partial charge in [0.1, 0.15) is 11.6 Å². The summed E-state index contributed by atoms with van der Waals surface area (Å²) in [6.07, 6.45) is 2.74. The quantitative estimate of drug-likeness (QED) is 0.727. The molecular weight excluding hydrogens is 394 g/mol. The van der Waals surface area contributed by atoms with Gasteiger partial charge in [-0.05, 0) is 40.9 Å². The monoisotopic (exact) mass is 411 g/mol. The lowest BCUT2D eigenvalue weighted by atomic mass is 10.1. The van der Waals surface area contributed by atoms with Crippen molar-refractivity contribution in [2.45, 2.75) is 33.1 Å². The first-order valence-electron chi connectivity index (χ1n) is 7.18. The molecule has 2 rings (SSSR count). The van der Waals surface area contributed by atoms with Crippen LogP contribution in [0.3, 0.4) is 0 Å². The molecule has 0 unspecified atom stereocenters. The van der Waals surface area contributed by atoms with Crippen molar-refractivity contribution in [2.24, 2.45) is 0 Å². The molecule has 0 bridgehead atoms.